The van der Waals surface area contributed by atoms with Crippen molar-refractivity contribution in [3.05, 3.63) is 99.7 Å². The molecule has 0 bridgehead atoms. The van der Waals surface area contributed by atoms with Crippen molar-refractivity contribution in [2.45, 2.75) is 20.0 Å². The second-order valence-corrected chi connectivity index (χ2v) is 7.16. The molecule has 0 radical (unpaired) electrons. The second-order valence-electron chi connectivity index (χ2n) is 7.16. The zero-order valence-electron chi connectivity index (χ0n) is 16.8. The summed E-state index contributed by atoms with van der Waals surface area (Å²) < 4.78 is 10.8. The SMILES string of the molecule is COc1ccccc1C(=O)N(Cc1ccco1)Cc1cc2cc(C)ccc2[nH]c1=O. The van der Waals surface area contributed by atoms with Crippen LogP contribution in [0, 0.1) is 6.92 Å². The van der Waals surface area contributed by atoms with E-state index >= 15 is 0 Å². The van der Waals surface area contributed by atoms with Gasteiger partial charge in [0, 0.05) is 11.1 Å². The van der Waals surface area contributed by atoms with Crippen molar-refractivity contribution < 1.29 is 13.9 Å². The molecular formula is C24H22N2O4. The van der Waals surface area contributed by atoms with Gasteiger partial charge in [-0.25, -0.2) is 0 Å². The fourth-order valence-corrected chi connectivity index (χ4v) is 3.48. The molecule has 0 atom stereocenters. The van der Waals surface area contributed by atoms with Crippen LogP contribution in [0.15, 0.2) is 76.1 Å². The predicted molar refractivity (Wildman–Crippen MR) is 115 cm³/mol. The summed E-state index contributed by atoms with van der Waals surface area (Å²) in [6, 6.07) is 18.3. The van der Waals surface area contributed by atoms with Gasteiger partial charge in [-0.2, -0.15) is 0 Å². The first kappa shape index (κ1) is 19.5. The number of benzene rings is 2. The number of carbonyl (C=O) groups is 1. The Kier molecular flexibility index (Phi) is 5.39. The van der Waals surface area contributed by atoms with Gasteiger partial charge in [0.15, 0.2) is 0 Å². The van der Waals surface area contributed by atoms with E-state index < -0.39 is 0 Å². The summed E-state index contributed by atoms with van der Waals surface area (Å²) >= 11 is 0. The van der Waals surface area contributed by atoms with Crippen LogP contribution in [0.1, 0.15) is 27.2 Å². The number of rotatable bonds is 6. The minimum absolute atomic E-state index is 0.136. The van der Waals surface area contributed by atoms with Gasteiger partial charge in [-0.05, 0) is 54.8 Å². The lowest BCUT2D eigenvalue weighted by Crippen LogP contribution is -2.32. The van der Waals surface area contributed by atoms with Crippen molar-refractivity contribution in [1.29, 1.82) is 0 Å². The van der Waals surface area contributed by atoms with E-state index in [0.29, 0.717) is 22.6 Å². The van der Waals surface area contributed by atoms with Gasteiger partial charge in [0.1, 0.15) is 11.5 Å². The molecule has 1 N–H and O–H groups in total. The monoisotopic (exact) mass is 402 g/mol. The highest BCUT2D eigenvalue weighted by Crippen LogP contribution is 2.22. The van der Waals surface area contributed by atoms with E-state index in [9.17, 15) is 9.59 Å². The van der Waals surface area contributed by atoms with Crippen molar-refractivity contribution in [3.8, 4) is 5.75 Å². The largest absolute Gasteiger partial charge is 0.496 e. The number of nitrogens with one attached hydrogen (secondary N) is 1. The molecule has 0 aliphatic heterocycles. The molecule has 0 fully saturated rings. The number of pyridine rings is 1. The molecule has 0 spiro atoms. The number of nitrogens with zero attached hydrogens (tertiary/aromatic N) is 1. The van der Waals surface area contributed by atoms with Gasteiger partial charge in [0.2, 0.25) is 0 Å². The van der Waals surface area contributed by atoms with Crippen LogP contribution >= 0.6 is 0 Å². The lowest BCUT2D eigenvalue weighted by molar-refractivity contribution is 0.0713. The number of aryl methyl sites for hydroxylation is 1. The summed E-state index contributed by atoms with van der Waals surface area (Å²) in [5.41, 5.74) is 2.58. The number of para-hydroxylation sites is 1. The standard InChI is InChI=1S/C24H22N2O4/c1-16-9-10-21-17(12-16)13-18(23(27)25-21)14-26(15-19-6-5-11-30-19)24(28)20-7-3-4-8-22(20)29-2/h3-13H,14-15H2,1-2H3,(H,25,27). The number of ether oxygens (including phenoxy) is 1. The maximum atomic E-state index is 13.4. The Morgan fingerprint density at radius 2 is 1.90 bits per heavy atom. The number of aromatic amines is 1. The van der Waals surface area contributed by atoms with E-state index in [4.69, 9.17) is 9.15 Å². The molecule has 0 aliphatic carbocycles. The highest BCUT2D eigenvalue weighted by atomic mass is 16.5. The average Bonchev–Trinajstić information content (AvgIpc) is 3.26. The maximum absolute atomic E-state index is 13.4. The summed E-state index contributed by atoms with van der Waals surface area (Å²) in [5.74, 6) is 0.869. The Hall–Kier alpha value is -3.80. The third kappa shape index (κ3) is 3.98. The number of amides is 1. The predicted octanol–water partition coefficient (Wildman–Crippen LogP) is 4.28. The van der Waals surface area contributed by atoms with Gasteiger partial charge >= 0.3 is 0 Å². The third-order valence-electron chi connectivity index (χ3n) is 4.99. The average molecular weight is 402 g/mol. The summed E-state index contributed by atoms with van der Waals surface area (Å²) in [6.45, 7) is 2.37. The number of hydrogen-bond acceptors (Lipinski definition) is 4. The minimum atomic E-state index is -0.243. The molecule has 6 nitrogen and oxygen atoms in total. The lowest BCUT2D eigenvalue weighted by atomic mass is 10.1. The van der Waals surface area contributed by atoms with Crippen LogP contribution in [0.5, 0.6) is 5.75 Å². The Morgan fingerprint density at radius 1 is 1.07 bits per heavy atom. The zero-order valence-corrected chi connectivity index (χ0v) is 16.8. The van der Waals surface area contributed by atoms with Crippen molar-refractivity contribution in [2.75, 3.05) is 7.11 Å². The molecule has 2 heterocycles. The summed E-state index contributed by atoms with van der Waals surface area (Å²) in [5, 5.41) is 0.923. The highest BCUT2D eigenvalue weighted by Gasteiger charge is 2.22. The number of H-pyrrole nitrogens is 1. The fraction of sp³-hybridized carbons (Fsp3) is 0.167. The van der Waals surface area contributed by atoms with Crippen molar-refractivity contribution in [1.82, 2.24) is 9.88 Å². The van der Waals surface area contributed by atoms with Crippen LogP contribution in [0.2, 0.25) is 0 Å². The molecule has 2 aromatic carbocycles. The molecule has 4 rings (SSSR count). The number of methoxy groups -OCH3 is 1. The van der Waals surface area contributed by atoms with Crippen LogP contribution < -0.4 is 10.3 Å². The van der Waals surface area contributed by atoms with E-state index in [1.54, 1.807) is 41.5 Å². The van der Waals surface area contributed by atoms with E-state index in [1.807, 2.05) is 37.3 Å². The zero-order chi connectivity index (χ0) is 21.1. The normalized spacial score (nSPS) is 10.9. The van der Waals surface area contributed by atoms with Gasteiger partial charge in [-0.1, -0.05) is 23.8 Å². The topological polar surface area (TPSA) is 75.5 Å². The first-order valence-corrected chi connectivity index (χ1v) is 9.62. The smallest absolute Gasteiger partial charge is 0.258 e. The van der Waals surface area contributed by atoms with Crippen LogP contribution in [0.3, 0.4) is 0 Å². The Bertz CT molecular complexity index is 1240. The molecule has 1 amide bonds. The summed E-state index contributed by atoms with van der Waals surface area (Å²) in [4.78, 5) is 30.6. The highest BCUT2D eigenvalue weighted by molar-refractivity contribution is 5.97. The van der Waals surface area contributed by atoms with Crippen molar-refractivity contribution >= 4 is 16.8 Å². The lowest BCUT2D eigenvalue weighted by Gasteiger charge is -2.22. The number of aromatic nitrogens is 1. The van der Waals surface area contributed by atoms with Crippen LogP contribution in [-0.4, -0.2) is 22.9 Å². The van der Waals surface area contributed by atoms with Gasteiger partial charge in [0.05, 0.1) is 32.0 Å². The fourth-order valence-electron chi connectivity index (χ4n) is 3.48. The third-order valence-corrected chi connectivity index (χ3v) is 4.99. The number of fused-ring (bicyclic) bond motifs is 1. The molecule has 30 heavy (non-hydrogen) atoms. The molecule has 0 saturated carbocycles. The number of hydrogen-bond donors (Lipinski definition) is 1. The Labute approximate surface area is 173 Å². The number of furan rings is 1. The Morgan fingerprint density at radius 3 is 2.67 bits per heavy atom. The van der Waals surface area contributed by atoms with Crippen molar-refractivity contribution in [3.63, 3.8) is 0 Å². The molecule has 152 valence electrons. The summed E-state index contributed by atoms with van der Waals surface area (Å²) in [7, 11) is 1.53. The molecule has 2 aromatic heterocycles. The van der Waals surface area contributed by atoms with Crippen LogP contribution in [0.25, 0.3) is 10.9 Å². The first-order chi connectivity index (χ1) is 14.5. The van der Waals surface area contributed by atoms with Gasteiger partial charge < -0.3 is 19.0 Å². The maximum Gasteiger partial charge on any atom is 0.258 e. The molecule has 0 aliphatic rings. The van der Waals surface area contributed by atoms with Crippen molar-refractivity contribution in [2.24, 2.45) is 0 Å². The first-order valence-electron chi connectivity index (χ1n) is 9.62. The number of carbonyl (C=O) groups excluding carboxylic acids is 1. The molecule has 0 unspecified atom stereocenters. The van der Waals surface area contributed by atoms with E-state index in [-0.39, 0.29) is 24.6 Å². The molecule has 0 saturated heterocycles. The van der Waals surface area contributed by atoms with Crippen LogP contribution in [0.4, 0.5) is 0 Å². The van der Waals surface area contributed by atoms with Gasteiger partial charge in [-0.15, -0.1) is 0 Å². The Balaban J connectivity index is 1.73. The second kappa shape index (κ2) is 8.29. The van der Waals surface area contributed by atoms with Gasteiger partial charge in [-0.3, -0.25) is 9.59 Å². The van der Waals surface area contributed by atoms with Gasteiger partial charge in [0.25, 0.3) is 11.5 Å². The van der Waals surface area contributed by atoms with Crippen LogP contribution in [-0.2, 0) is 13.1 Å². The molecule has 6 heteroatoms. The van der Waals surface area contributed by atoms with E-state index in [2.05, 4.69) is 4.98 Å². The summed E-state index contributed by atoms with van der Waals surface area (Å²) in [6.07, 6.45) is 1.56. The van der Waals surface area contributed by atoms with E-state index in [1.165, 1.54) is 7.11 Å². The van der Waals surface area contributed by atoms with E-state index in [0.717, 1.165) is 16.5 Å². The quantitative estimate of drug-likeness (QED) is 0.522. The molecule has 4 aromatic rings. The minimum Gasteiger partial charge on any atom is -0.496 e. The molecular weight excluding hydrogens is 380 g/mol.